The first-order valence-corrected chi connectivity index (χ1v) is 9.19. The summed E-state index contributed by atoms with van der Waals surface area (Å²) < 4.78 is 33.5. The van der Waals surface area contributed by atoms with Gasteiger partial charge in [0.2, 0.25) is 10.0 Å². The van der Waals surface area contributed by atoms with E-state index in [0.717, 1.165) is 5.56 Å². The monoisotopic (exact) mass is 347 g/mol. The van der Waals surface area contributed by atoms with Gasteiger partial charge in [0.15, 0.2) is 11.5 Å². The fourth-order valence-electron chi connectivity index (χ4n) is 3.60. The van der Waals surface area contributed by atoms with Crippen LogP contribution in [0.1, 0.15) is 17.9 Å². The second kappa shape index (κ2) is 5.47. The van der Waals surface area contributed by atoms with Gasteiger partial charge in [-0.1, -0.05) is 30.3 Å². The van der Waals surface area contributed by atoms with E-state index in [9.17, 15) is 18.6 Å². The molecule has 2 aliphatic rings. The van der Waals surface area contributed by atoms with E-state index in [1.807, 2.05) is 0 Å². The topological polar surface area (TPSA) is 95.9 Å². The Labute approximate surface area is 139 Å². The van der Waals surface area contributed by atoms with Gasteiger partial charge in [-0.05, 0) is 18.2 Å². The third kappa shape index (κ3) is 2.36. The fourth-order valence-corrected chi connectivity index (χ4v) is 4.91. The highest BCUT2D eigenvalue weighted by Gasteiger charge is 2.51. The molecule has 3 N–H and O–H groups in total. The van der Waals surface area contributed by atoms with Crippen molar-refractivity contribution >= 4 is 10.0 Å². The van der Waals surface area contributed by atoms with E-state index in [2.05, 4.69) is 4.72 Å². The molecule has 6 nitrogen and oxygen atoms in total. The standard InChI is InChI=1S/C17H17NO5S/c19-12-8-4-7-11-15-14(23-17(11)12)9-13(20)16(15)18-24(21,22)10-5-2-1-3-6-10/h1-8,13-16,18-20H,9H2. The molecule has 4 unspecified atom stereocenters. The Balaban J connectivity index is 1.68. The lowest BCUT2D eigenvalue weighted by molar-refractivity contribution is 0.139. The number of hydrogen-bond donors (Lipinski definition) is 3. The molecule has 4 rings (SSSR count). The molecule has 7 heteroatoms. The van der Waals surface area contributed by atoms with Gasteiger partial charge in [-0.15, -0.1) is 0 Å². The summed E-state index contributed by atoms with van der Waals surface area (Å²) in [7, 11) is -3.76. The van der Waals surface area contributed by atoms with Crippen molar-refractivity contribution in [3.05, 3.63) is 54.1 Å². The number of sulfonamides is 1. The Morgan fingerprint density at radius 3 is 2.58 bits per heavy atom. The Kier molecular flexibility index (Phi) is 3.52. The van der Waals surface area contributed by atoms with E-state index in [4.69, 9.17) is 4.74 Å². The van der Waals surface area contributed by atoms with Crippen LogP contribution in [-0.4, -0.2) is 36.9 Å². The van der Waals surface area contributed by atoms with Crippen LogP contribution in [0, 0.1) is 0 Å². The molecule has 1 aliphatic carbocycles. The van der Waals surface area contributed by atoms with Crippen LogP contribution in [0.25, 0.3) is 0 Å². The molecule has 0 saturated heterocycles. The second-order valence-corrected chi connectivity index (χ2v) is 7.85. The molecular formula is C17H17NO5S. The first-order valence-electron chi connectivity index (χ1n) is 7.71. The third-order valence-corrected chi connectivity index (χ3v) is 6.15. The fraction of sp³-hybridized carbons (Fsp3) is 0.294. The van der Waals surface area contributed by atoms with Crippen LogP contribution in [-0.2, 0) is 10.0 Å². The van der Waals surface area contributed by atoms with Gasteiger partial charge >= 0.3 is 0 Å². The minimum Gasteiger partial charge on any atom is -0.504 e. The zero-order valence-corrected chi connectivity index (χ0v) is 13.5. The van der Waals surface area contributed by atoms with Crippen LogP contribution in [0.5, 0.6) is 11.5 Å². The number of aliphatic hydroxyl groups excluding tert-OH is 1. The van der Waals surface area contributed by atoms with Crippen molar-refractivity contribution < 1.29 is 23.4 Å². The first-order chi connectivity index (χ1) is 11.5. The SMILES string of the molecule is O=S(=O)(NC1C(O)CC2Oc3c(O)cccc3C21)c1ccccc1. The van der Waals surface area contributed by atoms with Gasteiger partial charge in [0.25, 0.3) is 0 Å². The summed E-state index contributed by atoms with van der Waals surface area (Å²) in [6, 6.07) is 12.3. The van der Waals surface area contributed by atoms with Crippen molar-refractivity contribution in [2.24, 2.45) is 0 Å². The van der Waals surface area contributed by atoms with E-state index < -0.39 is 22.2 Å². The molecule has 0 radical (unpaired) electrons. The lowest BCUT2D eigenvalue weighted by Crippen LogP contribution is -2.43. The number of phenolic OH excluding ortho intramolecular Hbond substituents is 1. The molecule has 0 amide bonds. The van der Waals surface area contributed by atoms with E-state index in [1.54, 1.807) is 30.3 Å². The summed E-state index contributed by atoms with van der Waals surface area (Å²) in [5, 5.41) is 20.3. The number of ether oxygens (including phenoxy) is 1. The highest BCUT2D eigenvalue weighted by Crippen LogP contribution is 2.50. The maximum absolute atomic E-state index is 12.6. The lowest BCUT2D eigenvalue weighted by atomic mass is 9.94. The molecular weight excluding hydrogens is 330 g/mol. The first kappa shape index (κ1) is 15.4. The van der Waals surface area contributed by atoms with Crippen molar-refractivity contribution in [3.63, 3.8) is 0 Å². The largest absolute Gasteiger partial charge is 0.504 e. The van der Waals surface area contributed by atoms with Crippen LogP contribution < -0.4 is 9.46 Å². The van der Waals surface area contributed by atoms with Crippen molar-refractivity contribution in [2.45, 2.75) is 35.5 Å². The minimum absolute atomic E-state index is 0.0288. The molecule has 1 saturated carbocycles. The van der Waals surface area contributed by atoms with Crippen LogP contribution in [0.3, 0.4) is 0 Å². The molecule has 24 heavy (non-hydrogen) atoms. The summed E-state index contributed by atoms with van der Waals surface area (Å²) >= 11 is 0. The molecule has 2 aromatic rings. The van der Waals surface area contributed by atoms with Gasteiger partial charge in [0.1, 0.15) is 6.10 Å². The number of para-hydroxylation sites is 1. The molecule has 1 fully saturated rings. The predicted octanol–water partition coefficient (Wildman–Crippen LogP) is 1.35. The van der Waals surface area contributed by atoms with Gasteiger partial charge in [-0.2, -0.15) is 0 Å². The number of benzene rings is 2. The molecule has 126 valence electrons. The summed E-state index contributed by atoms with van der Waals surface area (Å²) in [4.78, 5) is 0.149. The number of aliphatic hydroxyl groups is 1. The van der Waals surface area contributed by atoms with Gasteiger partial charge in [-0.25, -0.2) is 13.1 Å². The average Bonchev–Trinajstić information content (AvgIpc) is 3.06. The minimum atomic E-state index is -3.76. The Morgan fingerprint density at radius 1 is 1.08 bits per heavy atom. The second-order valence-electron chi connectivity index (χ2n) is 6.14. The van der Waals surface area contributed by atoms with Crippen molar-refractivity contribution in [3.8, 4) is 11.5 Å². The number of hydrogen-bond acceptors (Lipinski definition) is 5. The normalized spacial score (nSPS) is 28.2. The third-order valence-electron chi connectivity index (χ3n) is 4.67. The predicted molar refractivity (Wildman–Crippen MR) is 86.4 cm³/mol. The maximum atomic E-state index is 12.6. The van der Waals surface area contributed by atoms with Gasteiger partial charge in [0.05, 0.1) is 17.0 Å². The van der Waals surface area contributed by atoms with Crippen molar-refractivity contribution in [1.82, 2.24) is 4.72 Å². The van der Waals surface area contributed by atoms with Crippen LogP contribution in [0.15, 0.2) is 53.4 Å². The molecule has 1 aliphatic heterocycles. The molecule has 4 atom stereocenters. The summed E-state index contributed by atoms with van der Waals surface area (Å²) in [5.74, 6) is 0.0740. The number of rotatable bonds is 3. The smallest absolute Gasteiger partial charge is 0.240 e. The van der Waals surface area contributed by atoms with Crippen LogP contribution in [0.2, 0.25) is 0 Å². The van der Waals surface area contributed by atoms with Crippen molar-refractivity contribution in [2.75, 3.05) is 0 Å². The highest BCUT2D eigenvalue weighted by atomic mass is 32.2. The zero-order chi connectivity index (χ0) is 16.9. The van der Waals surface area contributed by atoms with E-state index >= 15 is 0 Å². The molecule has 0 spiro atoms. The van der Waals surface area contributed by atoms with Gasteiger partial charge in [-0.3, -0.25) is 0 Å². The maximum Gasteiger partial charge on any atom is 0.240 e. The number of fused-ring (bicyclic) bond motifs is 3. The summed E-state index contributed by atoms with van der Waals surface area (Å²) in [6.07, 6.45) is -0.901. The van der Waals surface area contributed by atoms with Gasteiger partial charge in [0, 0.05) is 17.9 Å². The molecule has 1 heterocycles. The highest BCUT2D eigenvalue weighted by molar-refractivity contribution is 7.89. The zero-order valence-electron chi connectivity index (χ0n) is 12.7. The molecule has 0 aromatic heterocycles. The Hall–Kier alpha value is -2.09. The Morgan fingerprint density at radius 2 is 1.83 bits per heavy atom. The van der Waals surface area contributed by atoms with Crippen LogP contribution >= 0.6 is 0 Å². The quantitative estimate of drug-likeness (QED) is 0.779. The number of nitrogens with one attached hydrogen (secondary N) is 1. The van der Waals surface area contributed by atoms with E-state index in [1.165, 1.54) is 18.2 Å². The summed E-state index contributed by atoms with van der Waals surface area (Å²) in [6.45, 7) is 0. The van der Waals surface area contributed by atoms with Crippen molar-refractivity contribution in [1.29, 1.82) is 0 Å². The molecule has 2 aromatic carbocycles. The number of phenols is 1. The van der Waals surface area contributed by atoms with E-state index in [0.29, 0.717) is 12.2 Å². The lowest BCUT2D eigenvalue weighted by Gasteiger charge is -2.22. The number of aromatic hydroxyl groups is 1. The van der Waals surface area contributed by atoms with Gasteiger partial charge < -0.3 is 14.9 Å². The van der Waals surface area contributed by atoms with E-state index in [-0.39, 0.29) is 22.7 Å². The van der Waals surface area contributed by atoms with Crippen LogP contribution in [0.4, 0.5) is 0 Å². The molecule has 0 bridgehead atoms. The summed E-state index contributed by atoms with van der Waals surface area (Å²) in [5.41, 5.74) is 0.720. The Bertz CT molecular complexity index is 868. The average molecular weight is 347 g/mol.